The van der Waals surface area contributed by atoms with Gasteiger partial charge in [0.1, 0.15) is 15.7 Å². The summed E-state index contributed by atoms with van der Waals surface area (Å²) in [5.74, 6) is 0.299. The second-order valence-electron chi connectivity index (χ2n) is 7.29. The van der Waals surface area contributed by atoms with Gasteiger partial charge >= 0.3 is 0 Å². The van der Waals surface area contributed by atoms with Gasteiger partial charge in [-0.25, -0.2) is 4.98 Å². The molecule has 7 nitrogen and oxygen atoms in total. The quantitative estimate of drug-likeness (QED) is 0.624. The molecule has 2 aromatic carbocycles. The third-order valence-corrected chi connectivity index (χ3v) is 7.52. The van der Waals surface area contributed by atoms with Gasteiger partial charge in [-0.05, 0) is 37.6 Å². The minimum absolute atomic E-state index is 0.0960. The van der Waals surface area contributed by atoms with Crippen molar-refractivity contribution >= 4 is 38.8 Å². The van der Waals surface area contributed by atoms with E-state index in [1.807, 2.05) is 42.3 Å². The largest absolute Gasteiger partial charge is 0.362 e. The number of nitrogens with zero attached hydrogens (tertiary/aromatic N) is 3. The molecule has 1 saturated heterocycles. The van der Waals surface area contributed by atoms with Crippen molar-refractivity contribution in [3.8, 4) is 10.6 Å². The Morgan fingerprint density at radius 2 is 1.84 bits per heavy atom. The number of hydrogen-bond donors (Lipinski definition) is 1. The van der Waals surface area contributed by atoms with Gasteiger partial charge in [0.15, 0.2) is 0 Å². The first kappa shape index (κ1) is 21.2. The number of likely N-dealkylation sites (tertiary alicyclic amines) is 1. The summed E-state index contributed by atoms with van der Waals surface area (Å²) in [6, 6.07) is 15.7. The highest BCUT2D eigenvalue weighted by atomic mass is 32.2. The molecule has 0 saturated carbocycles. The average Bonchev–Trinajstić information content (AvgIpc) is 3.34. The number of carbonyl (C=O) groups is 1. The zero-order valence-electron chi connectivity index (χ0n) is 17.2. The number of benzene rings is 2. The predicted molar refractivity (Wildman–Crippen MR) is 123 cm³/mol. The molecule has 2 heterocycles. The molecule has 4 rings (SSSR count). The van der Waals surface area contributed by atoms with Crippen LogP contribution < -0.4 is 5.32 Å². The molecule has 31 heavy (non-hydrogen) atoms. The van der Waals surface area contributed by atoms with Crippen LogP contribution in [0.5, 0.6) is 0 Å². The minimum Gasteiger partial charge on any atom is -0.362 e. The number of sulfonamides is 1. The van der Waals surface area contributed by atoms with Gasteiger partial charge in [-0.1, -0.05) is 30.3 Å². The van der Waals surface area contributed by atoms with Crippen molar-refractivity contribution in [2.24, 2.45) is 4.40 Å². The molecule has 1 aliphatic heterocycles. The van der Waals surface area contributed by atoms with Gasteiger partial charge in [-0.3, -0.25) is 4.79 Å². The number of nitrogens with one attached hydrogen (secondary N) is 1. The maximum absolute atomic E-state index is 12.7. The van der Waals surface area contributed by atoms with Crippen LogP contribution in [0, 0.1) is 6.92 Å². The van der Waals surface area contributed by atoms with Crippen LogP contribution in [0.2, 0.25) is 0 Å². The Morgan fingerprint density at radius 1 is 1.13 bits per heavy atom. The molecule has 9 heteroatoms. The fourth-order valence-corrected chi connectivity index (χ4v) is 5.37. The number of amides is 1. The molecule has 3 aromatic rings. The fraction of sp³-hybridized carbons (Fsp3) is 0.227. The first-order chi connectivity index (χ1) is 14.8. The number of anilines is 1. The number of carbonyl (C=O) groups excluding carboxylic acids is 1. The highest BCUT2D eigenvalue weighted by Gasteiger charge is 2.21. The second kappa shape index (κ2) is 8.60. The molecule has 160 valence electrons. The molecule has 0 unspecified atom stereocenters. The summed E-state index contributed by atoms with van der Waals surface area (Å²) in [4.78, 5) is 19.7. The Balaban J connectivity index is 1.49. The summed E-state index contributed by atoms with van der Waals surface area (Å²) < 4.78 is 29.1. The van der Waals surface area contributed by atoms with Crippen molar-refractivity contribution in [1.82, 2.24) is 9.88 Å². The standard InChI is InChI=1S/C22H22N4O3S2/c1-15-20(30-22(23-15)16-7-4-3-5-8-16)21(27)24-17-10-12-18(13-11-17)31(28,29)25-19-9-6-14-26(19)2/h3-5,7-8,10-13H,6,9,14H2,1-2H3,(H,24,27)/b25-19-. The highest BCUT2D eigenvalue weighted by molar-refractivity contribution is 7.90. The third-order valence-electron chi connectivity index (χ3n) is 4.99. The summed E-state index contributed by atoms with van der Waals surface area (Å²) in [6.45, 7) is 2.61. The van der Waals surface area contributed by atoms with Crippen LogP contribution in [-0.4, -0.2) is 43.6 Å². The van der Waals surface area contributed by atoms with Gasteiger partial charge in [-0.2, -0.15) is 8.42 Å². The average molecular weight is 455 g/mol. The van der Waals surface area contributed by atoms with Crippen LogP contribution in [0.15, 0.2) is 63.9 Å². The van der Waals surface area contributed by atoms with Crippen LogP contribution in [0.1, 0.15) is 28.2 Å². The summed E-state index contributed by atoms with van der Waals surface area (Å²) in [7, 11) is -1.94. The van der Waals surface area contributed by atoms with Crippen LogP contribution in [-0.2, 0) is 10.0 Å². The number of thiazole rings is 1. The molecule has 1 N–H and O–H groups in total. The highest BCUT2D eigenvalue weighted by Crippen LogP contribution is 2.28. The van der Waals surface area contributed by atoms with E-state index in [4.69, 9.17) is 0 Å². The number of amidine groups is 1. The molecule has 1 fully saturated rings. The second-order valence-corrected chi connectivity index (χ2v) is 9.89. The van der Waals surface area contributed by atoms with Crippen LogP contribution in [0.25, 0.3) is 10.6 Å². The van der Waals surface area contributed by atoms with E-state index in [1.54, 1.807) is 19.1 Å². The zero-order valence-corrected chi connectivity index (χ0v) is 18.8. The maximum Gasteiger partial charge on any atom is 0.283 e. The lowest BCUT2D eigenvalue weighted by Gasteiger charge is -2.11. The Labute approximate surface area is 185 Å². The van der Waals surface area contributed by atoms with E-state index in [2.05, 4.69) is 14.7 Å². The van der Waals surface area contributed by atoms with Crippen molar-refractivity contribution in [3.63, 3.8) is 0 Å². The van der Waals surface area contributed by atoms with Gasteiger partial charge in [0.2, 0.25) is 0 Å². The molecule has 0 aliphatic carbocycles. The topological polar surface area (TPSA) is 91.7 Å². The van der Waals surface area contributed by atoms with Gasteiger partial charge in [0, 0.05) is 31.3 Å². The molecule has 0 radical (unpaired) electrons. The van der Waals surface area contributed by atoms with Crippen molar-refractivity contribution in [2.75, 3.05) is 18.9 Å². The molecule has 1 amide bonds. The first-order valence-corrected chi connectivity index (χ1v) is 12.1. The van der Waals surface area contributed by atoms with E-state index in [-0.39, 0.29) is 10.8 Å². The lowest BCUT2D eigenvalue weighted by atomic mass is 10.2. The summed E-state index contributed by atoms with van der Waals surface area (Å²) >= 11 is 1.32. The predicted octanol–water partition coefficient (Wildman–Crippen LogP) is 4.18. The van der Waals surface area contributed by atoms with E-state index in [0.29, 0.717) is 28.5 Å². The SMILES string of the molecule is Cc1nc(-c2ccccc2)sc1C(=O)Nc1ccc(S(=O)(=O)/N=C2/CCCN2C)cc1. The summed E-state index contributed by atoms with van der Waals surface area (Å²) in [6.07, 6.45) is 1.56. The van der Waals surface area contributed by atoms with Crippen LogP contribution in [0.3, 0.4) is 0 Å². The van der Waals surface area contributed by atoms with E-state index >= 15 is 0 Å². The third kappa shape index (κ3) is 4.67. The van der Waals surface area contributed by atoms with Crippen molar-refractivity contribution in [3.05, 3.63) is 65.2 Å². The minimum atomic E-state index is -3.78. The molecule has 1 aromatic heterocycles. The lowest BCUT2D eigenvalue weighted by molar-refractivity contribution is 0.103. The van der Waals surface area contributed by atoms with Gasteiger partial charge in [0.25, 0.3) is 15.9 Å². The lowest BCUT2D eigenvalue weighted by Crippen LogP contribution is -2.20. The molecule has 0 bridgehead atoms. The maximum atomic E-state index is 12.7. The molecular formula is C22H22N4O3S2. The van der Waals surface area contributed by atoms with E-state index in [1.165, 1.54) is 23.5 Å². The monoisotopic (exact) mass is 454 g/mol. The summed E-state index contributed by atoms with van der Waals surface area (Å²) in [5.41, 5.74) is 2.11. The molecule has 0 atom stereocenters. The number of hydrogen-bond acceptors (Lipinski definition) is 5. The van der Waals surface area contributed by atoms with Gasteiger partial charge in [-0.15, -0.1) is 15.7 Å². The first-order valence-electron chi connectivity index (χ1n) is 9.83. The van der Waals surface area contributed by atoms with Crippen LogP contribution in [0.4, 0.5) is 5.69 Å². The van der Waals surface area contributed by atoms with E-state index < -0.39 is 10.0 Å². The molecular weight excluding hydrogens is 432 g/mol. The van der Waals surface area contributed by atoms with Crippen molar-refractivity contribution in [2.45, 2.75) is 24.7 Å². The Hall–Kier alpha value is -3.04. The van der Waals surface area contributed by atoms with Crippen LogP contribution >= 0.6 is 11.3 Å². The fourth-order valence-electron chi connectivity index (χ4n) is 3.31. The van der Waals surface area contributed by atoms with Gasteiger partial charge in [0.05, 0.1) is 10.6 Å². The summed E-state index contributed by atoms with van der Waals surface area (Å²) in [5, 5.41) is 3.59. The number of aromatic nitrogens is 1. The normalized spacial score (nSPS) is 15.4. The molecule has 1 aliphatic rings. The Bertz CT molecular complexity index is 1230. The Morgan fingerprint density at radius 3 is 2.48 bits per heavy atom. The molecule has 0 spiro atoms. The van der Waals surface area contributed by atoms with E-state index in [0.717, 1.165) is 23.5 Å². The smallest absolute Gasteiger partial charge is 0.283 e. The number of aryl methyl sites for hydroxylation is 1. The van der Waals surface area contributed by atoms with Gasteiger partial charge < -0.3 is 10.2 Å². The number of rotatable bonds is 5. The Kier molecular flexibility index (Phi) is 5.88. The zero-order chi connectivity index (χ0) is 22.0. The van der Waals surface area contributed by atoms with Crippen molar-refractivity contribution < 1.29 is 13.2 Å². The van der Waals surface area contributed by atoms with Crippen molar-refractivity contribution in [1.29, 1.82) is 0 Å². The van der Waals surface area contributed by atoms with E-state index in [9.17, 15) is 13.2 Å².